The van der Waals surface area contributed by atoms with Crippen molar-refractivity contribution in [2.24, 2.45) is 0 Å². The number of nitrogens with one attached hydrogen (secondary N) is 2. The van der Waals surface area contributed by atoms with E-state index in [0.717, 1.165) is 41.0 Å². The lowest BCUT2D eigenvalue weighted by Crippen LogP contribution is -2.40. The fourth-order valence-corrected chi connectivity index (χ4v) is 5.33. The van der Waals surface area contributed by atoms with Gasteiger partial charge in [0.05, 0.1) is 29.7 Å². The van der Waals surface area contributed by atoms with Gasteiger partial charge in [0.1, 0.15) is 5.82 Å². The van der Waals surface area contributed by atoms with Gasteiger partial charge in [-0.15, -0.1) is 0 Å². The molecule has 0 spiro atoms. The largest absolute Gasteiger partial charge is 0.367 e. The van der Waals surface area contributed by atoms with Gasteiger partial charge in [0.25, 0.3) is 5.91 Å². The van der Waals surface area contributed by atoms with Crippen molar-refractivity contribution in [1.29, 1.82) is 0 Å². The molecular weight excluding hydrogens is 412 g/mol. The van der Waals surface area contributed by atoms with Crippen molar-refractivity contribution in [3.8, 4) is 5.69 Å². The van der Waals surface area contributed by atoms with E-state index < -0.39 is 0 Å². The number of rotatable bonds is 4. The van der Waals surface area contributed by atoms with E-state index in [1.807, 2.05) is 42.5 Å². The summed E-state index contributed by atoms with van der Waals surface area (Å²) in [7, 11) is 0. The third-order valence-electron chi connectivity index (χ3n) is 6.46. The molecule has 4 aromatic rings. The minimum absolute atomic E-state index is 0.0492. The fourth-order valence-electron chi connectivity index (χ4n) is 5.15. The minimum Gasteiger partial charge on any atom is -0.367 e. The molecule has 2 bridgehead atoms. The Morgan fingerprint density at radius 1 is 1.10 bits per heavy atom. The van der Waals surface area contributed by atoms with Gasteiger partial charge in [-0.2, -0.15) is 15.0 Å². The molecule has 0 saturated carbocycles. The Hall–Kier alpha value is -3.32. The molecule has 2 aliphatic heterocycles. The fraction of sp³-hybridized carbons (Fsp3) is 0.261. The van der Waals surface area contributed by atoms with E-state index in [4.69, 9.17) is 11.6 Å². The number of hydrogen-bond acceptors (Lipinski definition) is 4. The number of carbonyl (C=O) groups is 1. The molecule has 2 aromatic carbocycles. The van der Waals surface area contributed by atoms with Gasteiger partial charge < -0.3 is 15.2 Å². The van der Waals surface area contributed by atoms with Gasteiger partial charge in [0.2, 0.25) is 0 Å². The van der Waals surface area contributed by atoms with Crippen molar-refractivity contribution in [2.45, 2.75) is 37.4 Å². The molecule has 0 aliphatic carbocycles. The highest BCUT2D eigenvalue weighted by Crippen LogP contribution is 2.40. The van der Waals surface area contributed by atoms with Crippen LogP contribution < -0.4 is 5.32 Å². The first-order valence-corrected chi connectivity index (χ1v) is 10.9. The van der Waals surface area contributed by atoms with Crippen molar-refractivity contribution in [3.05, 3.63) is 71.5 Å². The van der Waals surface area contributed by atoms with E-state index in [2.05, 4.69) is 31.5 Å². The highest BCUT2D eigenvalue weighted by Gasteiger charge is 2.49. The molecule has 8 heteroatoms. The van der Waals surface area contributed by atoms with Crippen LogP contribution in [0, 0.1) is 0 Å². The van der Waals surface area contributed by atoms with Crippen LogP contribution in [0.4, 0.5) is 5.82 Å². The lowest BCUT2D eigenvalue weighted by Gasteiger charge is -2.26. The van der Waals surface area contributed by atoms with Crippen LogP contribution in [-0.4, -0.2) is 48.9 Å². The highest BCUT2D eigenvalue weighted by atomic mass is 35.5. The molecular formula is C23H21ClN6O. The first-order valence-electron chi connectivity index (χ1n) is 10.5. The van der Waals surface area contributed by atoms with Crippen molar-refractivity contribution < 1.29 is 4.79 Å². The molecule has 7 nitrogen and oxygen atoms in total. The maximum absolute atomic E-state index is 13.6. The van der Waals surface area contributed by atoms with Crippen molar-refractivity contribution in [3.63, 3.8) is 0 Å². The van der Waals surface area contributed by atoms with Gasteiger partial charge in [0, 0.05) is 28.0 Å². The molecule has 31 heavy (non-hydrogen) atoms. The van der Waals surface area contributed by atoms with Crippen LogP contribution in [0.25, 0.3) is 16.6 Å². The van der Waals surface area contributed by atoms with Crippen LogP contribution in [0.2, 0.25) is 5.02 Å². The first-order chi connectivity index (χ1) is 15.2. The number of fused-ring (bicyclic) bond motifs is 3. The number of H-pyrrole nitrogens is 1. The molecule has 6 rings (SSSR count). The summed E-state index contributed by atoms with van der Waals surface area (Å²) in [6.07, 6.45) is 6.22. The molecule has 2 aromatic heterocycles. The lowest BCUT2D eigenvalue weighted by molar-refractivity contribution is 0.0727. The van der Waals surface area contributed by atoms with E-state index in [-0.39, 0.29) is 24.0 Å². The number of aromatic nitrogens is 4. The average Bonchev–Trinajstić information content (AvgIpc) is 3.56. The van der Waals surface area contributed by atoms with Gasteiger partial charge in [0.15, 0.2) is 0 Å². The normalized spacial score (nSPS) is 22.4. The van der Waals surface area contributed by atoms with Crippen molar-refractivity contribution >= 4 is 34.2 Å². The molecule has 2 N–H and O–H groups in total. The average molecular weight is 433 g/mol. The number of amides is 1. The summed E-state index contributed by atoms with van der Waals surface area (Å²) >= 11 is 6.12. The van der Waals surface area contributed by atoms with Gasteiger partial charge in [-0.25, -0.2) is 0 Å². The summed E-state index contributed by atoms with van der Waals surface area (Å²) in [4.78, 5) is 20.6. The van der Waals surface area contributed by atoms with E-state index in [0.29, 0.717) is 11.3 Å². The van der Waals surface area contributed by atoms with Crippen LogP contribution in [-0.2, 0) is 0 Å². The first kappa shape index (κ1) is 18.4. The van der Waals surface area contributed by atoms with E-state index in [1.54, 1.807) is 12.4 Å². The zero-order valence-electron chi connectivity index (χ0n) is 16.7. The lowest BCUT2D eigenvalue weighted by atomic mass is 9.95. The molecule has 2 fully saturated rings. The van der Waals surface area contributed by atoms with E-state index >= 15 is 0 Å². The number of hydrogen-bond donors (Lipinski definition) is 2. The predicted molar refractivity (Wildman–Crippen MR) is 120 cm³/mol. The van der Waals surface area contributed by atoms with Crippen LogP contribution in [0.15, 0.2) is 60.9 Å². The molecule has 2 saturated heterocycles. The summed E-state index contributed by atoms with van der Waals surface area (Å²) in [6.45, 7) is 0. The number of benzene rings is 2. The van der Waals surface area contributed by atoms with Gasteiger partial charge >= 0.3 is 0 Å². The zero-order chi connectivity index (χ0) is 20.9. The molecule has 2 aliphatic rings. The van der Waals surface area contributed by atoms with Crippen LogP contribution in [0.3, 0.4) is 0 Å². The number of nitrogens with zero attached hydrogens (tertiary/aromatic N) is 4. The second-order valence-electron chi connectivity index (χ2n) is 8.25. The van der Waals surface area contributed by atoms with E-state index in [1.165, 1.54) is 4.80 Å². The smallest absolute Gasteiger partial charge is 0.256 e. The van der Waals surface area contributed by atoms with Crippen molar-refractivity contribution in [1.82, 2.24) is 24.9 Å². The minimum atomic E-state index is 0.0492. The second-order valence-corrected chi connectivity index (χ2v) is 8.68. The standard InChI is InChI=1S/C23H21ClN6O/c24-15-5-7-18-14(11-15)12-22(27-18)28-19-13-16-6-8-21(19)29(16)23(31)17-3-1-2-4-20(17)30-25-9-10-26-30/h1-5,7,9-12,16,19,21,27-28H,6,8,13H2. The summed E-state index contributed by atoms with van der Waals surface area (Å²) in [5, 5.41) is 13.9. The number of halogens is 1. The third-order valence-corrected chi connectivity index (χ3v) is 6.70. The van der Waals surface area contributed by atoms with Gasteiger partial charge in [-0.3, -0.25) is 4.79 Å². The second kappa shape index (κ2) is 7.13. The maximum atomic E-state index is 13.6. The van der Waals surface area contributed by atoms with Gasteiger partial charge in [-0.1, -0.05) is 23.7 Å². The number of para-hydroxylation sites is 1. The summed E-state index contributed by atoms with van der Waals surface area (Å²) in [6, 6.07) is 16.1. The Bertz CT molecular complexity index is 1270. The Labute approximate surface area is 184 Å². The van der Waals surface area contributed by atoms with Crippen LogP contribution >= 0.6 is 11.6 Å². The third kappa shape index (κ3) is 3.08. The van der Waals surface area contributed by atoms with E-state index in [9.17, 15) is 4.79 Å². The molecule has 3 unspecified atom stereocenters. The summed E-state index contributed by atoms with van der Waals surface area (Å²) in [5.41, 5.74) is 2.39. The van der Waals surface area contributed by atoms with Crippen molar-refractivity contribution in [2.75, 3.05) is 5.32 Å². The Balaban J connectivity index is 1.27. The number of carbonyl (C=O) groups excluding carboxylic acids is 1. The molecule has 1 amide bonds. The number of anilines is 1. The molecule has 0 radical (unpaired) electrons. The quantitative estimate of drug-likeness (QED) is 0.505. The maximum Gasteiger partial charge on any atom is 0.256 e. The Morgan fingerprint density at radius 3 is 2.81 bits per heavy atom. The van der Waals surface area contributed by atoms with Crippen LogP contribution in [0.5, 0.6) is 0 Å². The Kier molecular flexibility index (Phi) is 4.24. The van der Waals surface area contributed by atoms with Crippen LogP contribution in [0.1, 0.15) is 29.6 Å². The van der Waals surface area contributed by atoms with Gasteiger partial charge in [-0.05, 0) is 55.7 Å². The summed E-state index contributed by atoms with van der Waals surface area (Å²) < 4.78 is 0. The predicted octanol–water partition coefficient (Wildman–Crippen LogP) is 4.26. The Morgan fingerprint density at radius 2 is 1.94 bits per heavy atom. The number of aromatic amines is 1. The monoisotopic (exact) mass is 432 g/mol. The molecule has 4 heterocycles. The molecule has 156 valence electrons. The zero-order valence-corrected chi connectivity index (χ0v) is 17.5. The molecule has 3 atom stereocenters. The SMILES string of the molecule is O=C(c1ccccc1-n1nccn1)N1C2CCC1C(Nc1cc3cc(Cl)ccc3[nH]1)C2. The topological polar surface area (TPSA) is 78.8 Å². The summed E-state index contributed by atoms with van der Waals surface area (Å²) in [5.74, 6) is 1.01. The highest BCUT2D eigenvalue weighted by molar-refractivity contribution is 6.31.